The molecule has 9 heteroatoms. The van der Waals surface area contributed by atoms with E-state index >= 15 is 0 Å². The third kappa shape index (κ3) is 6.28. The van der Waals surface area contributed by atoms with Crippen molar-refractivity contribution in [1.29, 1.82) is 0 Å². The van der Waals surface area contributed by atoms with Crippen LogP contribution in [0.1, 0.15) is 6.92 Å². The van der Waals surface area contributed by atoms with Gasteiger partial charge < -0.3 is 24.6 Å². The molecule has 1 aliphatic heterocycles. The molecule has 162 valence electrons. The fourth-order valence-corrected chi connectivity index (χ4v) is 3.41. The second-order valence-corrected chi connectivity index (χ2v) is 6.93. The molecule has 1 aliphatic rings. The van der Waals surface area contributed by atoms with E-state index in [-0.39, 0.29) is 11.7 Å². The van der Waals surface area contributed by atoms with Crippen LogP contribution in [0.25, 0.3) is 0 Å². The standard InChI is InChI=1S/C21H24F3N3O3/c1-2-29-19-6-4-3-5-18(19)27-13-11-26(12-14-27)15-20(28)25-16-7-9-17(10-8-16)30-21(22,23)24/h3-10H,2,11-15H2,1H3,(H,25,28)/p+1. The van der Waals surface area contributed by atoms with Gasteiger partial charge in [-0.1, -0.05) is 12.1 Å². The van der Waals surface area contributed by atoms with Crippen molar-refractivity contribution in [3.05, 3.63) is 48.5 Å². The van der Waals surface area contributed by atoms with Crippen LogP contribution >= 0.6 is 0 Å². The molecule has 0 atom stereocenters. The summed E-state index contributed by atoms with van der Waals surface area (Å²) in [6.07, 6.45) is -4.74. The predicted octanol–water partition coefficient (Wildman–Crippen LogP) is 2.33. The van der Waals surface area contributed by atoms with E-state index < -0.39 is 6.36 Å². The number of anilines is 2. The molecule has 1 amide bonds. The lowest BCUT2D eigenvalue weighted by Gasteiger charge is -2.34. The number of ether oxygens (including phenoxy) is 2. The quantitative estimate of drug-likeness (QED) is 0.717. The van der Waals surface area contributed by atoms with Crippen LogP contribution < -0.4 is 24.6 Å². The van der Waals surface area contributed by atoms with Gasteiger partial charge in [0.05, 0.1) is 38.5 Å². The van der Waals surface area contributed by atoms with Gasteiger partial charge in [0.25, 0.3) is 5.91 Å². The van der Waals surface area contributed by atoms with Crippen molar-refractivity contribution in [3.8, 4) is 11.5 Å². The van der Waals surface area contributed by atoms with Gasteiger partial charge in [-0.2, -0.15) is 0 Å². The summed E-state index contributed by atoms with van der Waals surface area (Å²) in [5.41, 5.74) is 1.49. The molecular weight excluding hydrogens is 399 g/mol. The third-order valence-corrected chi connectivity index (χ3v) is 4.76. The first-order valence-corrected chi connectivity index (χ1v) is 9.80. The van der Waals surface area contributed by atoms with E-state index in [9.17, 15) is 18.0 Å². The average Bonchev–Trinajstić information content (AvgIpc) is 2.70. The fraction of sp³-hybridized carbons (Fsp3) is 0.381. The number of piperazine rings is 1. The first-order chi connectivity index (χ1) is 14.3. The number of hydrogen-bond donors (Lipinski definition) is 2. The Morgan fingerprint density at radius 1 is 1.10 bits per heavy atom. The van der Waals surface area contributed by atoms with Gasteiger partial charge in [-0.25, -0.2) is 0 Å². The van der Waals surface area contributed by atoms with Gasteiger partial charge in [-0.3, -0.25) is 4.79 Å². The molecule has 0 spiro atoms. The maximum absolute atomic E-state index is 12.3. The number of halogens is 3. The Labute approximate surface area is 173 Å². The number of amides is 1. The van der Waals surface area contributed by atoms with Crippen molar-refractivity contribution < 1.29 is 32.3 Å². The highest BCUT2D eigenvalue weighted by atomic mass is 19.4. The normalized spacial score (nSPS) is 15.0. The van der Waals surface area contributed by atoms with Crippen LogP contribution in [0.2, 0.25) is 0 Å². The Morgan fingerprint density at radius 2 is 1.77 bits per heavy atom. The molecule has 0 unspecified atom stereocenters. The Bertz CT molecular complexity index is 835. The van der Waals surface area contributed by atoms with E-state index in [1.165, 1.54) is 24.3 Å². The van der Waals surface area contributed by atoms with Crippen LogP contribution in [0.5, 0.6) is 11.5 Å². The summed E-state index contributed by atoms with van der Waals surface area (Å²) in [7, 11) is 0. The van der Waals surface area contributed by atoms with Crippen LogP contribution in [0.4, 0.5) is 24.5 Å². The van der Waals surface area contributed by atoms with E-state index in [1.807, 2.05) is 31.2 Å². The number of carbonyl (C=O) groups is 1. The van der Waals surface area contributed by atoms with Crippen LogP contribution in [0, 0.1) is 0 Å². The number of para-hydroxylation sites is 2. The fourth-order valence-electron chi connectivity index (χ4n) is 3.41. The minimum absolute atomic E-state index is 0.183. The summed E-state index contributed by atoms with van der Waals surface area (Å²) in [6, 6.07) is 13.0. The van der Waals surface area contributed by atoms with Crippen LogP contribution in [-0.2, 0) is 4.79 Å². The molecule has 1 fully saturated rings. The average molecular weight is 424 g/mol. The van der Waals surface area contributed by atoms with Crippen molar-refractivity contribution in [1.82, 2.24) is 0 Å². The maximum atomic E-state index is 12.3. The second-order valence-electron chi connectivity index (χ2n) is 6.93. The number of benzene rings is 2. The minimum Gasteiger partial charge on any atom is -0.492 e. The molecule has 2 aromatic rings. The lowest BCUT2D eigenvalue weighted by molar-refractivity contribution is -0.892. The zero-order valence-corrected chi connectivity index (χ0v) is 16.7. The number of nitrogens with one attached hydrogen (secondary N) is 2. The summed E-state index contributed by atoms with van der Waals surface area (Å²) in [4.78, 5) is 15.7. The number of alkyl halides is 3. The number of quaternary nitrogens is 1. The summed E-state index contributed by atoms with van der Waals surface area (Å²) in [5, 5.41) is 2.72. The maximum Gasteiger partial charge on any atom is 0.573 e. The number of rotatable bonds is 7. The monoisotopic (exact) mass is 424 g/mol. The highest BCUT2D eigenvalue weighted by molar-refractivity contribution is 5.91. The molecule has 3 rings (SSSR count). The molecule has 30 heavy (non-hydrogen) atoms. The number of nitrogens with zero attached hydrogens (tertiary/aromatic N) is 1. The molecule has 1 heterocycles. The highest BCUT2D eigenvalue weighted by Gasteiger charge is 2.31. The van der Waals surface area contributed by atoms with Gasteiger partial charge >= 0.3 is 6.36 Å². The Kier molecular flexibility index (Phi) is 7.04. The first-order valence-electron chi connectivity index (χ1n) is 9.80. The van der Waals surface area contributed by atoms with Gasteiger partial charge in [0.15, 0.2) is 6.54 Å². The van der Waals surface area contributed by atoms with Gasteiger partial charge in [-0.05, 0) is 43.3 Å². The molecule has 1 saturated heterocycles. The molecule has 0 aliphatic carbocycles. The third-order valence-electron chi connectivity index (χ3n) is 4.76. The molecule has 0 radical (unpaired) electrons. The summed E-state index contributed by atoms with van der Waals surface area (Å²) < 4.78 is 46.1. The molecule has 2 N–H and O–H groups in total. The zero-order valence-electron chi connectivity index (χ0n) is 16.7. The second kappa shape index (κ2) is 9.71. The lowest BCUT2D eigenvalue weighted by Crippen LogP contribution is -3.15. The number of hydrogen-bond acceptors (Lipinski definition) is 4. The van der Waals surface area contributed by atoms with Crippen LogP contribution in [0.3, 0.4) is 0 Å². The Hall–Kier alpha value is -2.94. The van der Waals surface area contributed by atoms with E-state index in [4.69, 9.17) is 4.74 Å². The predicted molar refractivity (Wildman–Crippen MR) is 107 cm³/mol. The minimum atomic E-state index is -4.74. The molecule has 0 saturated carbocycles. The van der Waals surface area contributed by atoms with Crippen LogP contribution in [-0.4, -0.2) is 51.6 Å². The Morgan fingerprint density at radius 3 is 2.40 bits per heavy atom. The van der Waals surface area contributed by atoms with Crippen molar-refractivity contribution in [2.45, 2.75) is 13.3 Å². The summed E-state index contributed by atoms with van der Waals surface area (Å²) in [5.74, 6) is 0.353. The zero-order chi connectivity index (χ0) is 21.6. The van der Waals surface area contributed by atoms with E-state index in [0.29, 0.717) is 18.8 Å². The van der Waals surface area contributed by atoms with E-state index in [0.717, 1.165) is 42.5 Å². The van der Waals surface area contributed by atoms with Crippen molar-refractivity contribution in [2.24, 2.45) is 0 Å². The molecule has 2 aromatic carbocycles. The van der Waals surface area contributed by atoms with E-state index in [1.54, 1.807) is 0 Å². The van der Waals surface area contributed by atoms with Crippen LogP contribution in [0.15, 0.2) is 48.5 Å². The van der Waals surface area contributed by atoms with E-state index in [2.05, 4.69) is 15.0 Å². The van der Waals surface area contributed by atoms with Gasteiger partial charge in [0.1, 0.15) is 11.5 Å². The topological polar surface area (TPSA) is 55.2 Å². The van der Waals surface area contributed by atoms with Gasteiger partial charge in [0, 0.05) is 5.69 Å². The SMILES string of the molecule is CCOc1ccccc1N1CC[NH+](CC(=O)Nc2ccc(OC(F)(F)F)cc2)CC1. The lowest BCUT2D eigenvalue weighted by atomic mass is 10.2. The largest absolute Gasteiger partial charge is 0.573 e. The smallest absolute Gasteiger partial charge is 0.492 e. The van der Waals surface area contributed by atoms with Crippen molar-refractivity contribution in [2.75, 3.05) is 49.5 Å². The highest BCUT2D eigenvalue weighted by Crippen LogP contribution is 2.28. The van der Waals surface area contributed by atoms with Crippen molar-refractivity contribution >= 4 is 17.3 Å². The summed E-state index contributed by atoms with van der Waals surface area (Å²) in [6.45, 7) is 6.05. The first kappa shape index (κ1) is 21.8. The van der Waals surface area contributed by atoms with Gasteiger partial charge in [-0.15, -0.1) is 13.2 Å². The van der Waals surface area contributed by atoms with Gasteiger partial charge in [0.2, 0.25) is 0 Å². The summed E-state index contributed by atoms with van der Waals surface area (Å²) >= 11 is 0. The molecule has 0 bridgehead atoms. The molecule has 6 nitrogen and oxygen atoms in total. The molecular formula is C21H25F3N3O3+. The van der Waals surface area contributed by atoms with Crippen molar-refractivity contribution in [3.63, 3.8) is 0 Å². The molecule has 0 aromatic heterocycles. The number of carbonyl (C=O) groups excluding carboxylic acids is 1. The Balaban J connectivity index is 1.47.